The Morgan fingerprint density at radius 3 is 2.13 bits per heavy atom. The molecule has 2 atom stereocenters. The van der Waals surface area contributed by atoms with Crippen LogP contribution in [0.5, 0.6) is 0 Å². The number of alkyl halides is 3. The summed E-state index contributed by atoms with van der Waals surface area (Å²) < 4.78 is 38.4. The van der Waals surface area contributed by atoms with Crippen LogP contribution in [-0.2, 0) is 6.18 Å². The Hall–Kier alpha value is -2.29. The first-order chi connectivity index (χ1) is 14.7. The molecule has 5 nitrogen and oxygen atoms in total. The van der Waals surface area contributed by atoms with E-state index in [4.69, 9.17) is 11.6 Å². The molecule has 2 saturated heterocycles. The molecular weight excluding hydrogens is 431 g/mol. The summed E-state index contributed by atoms with van der Waals surface area (Å²) in [7, 11) is 0. The minimum atomic E-state index is -4.37. The van der Waals surface area contributed by atoms with E-state index in [1.807, 2.05) is 4.90 Å². The number of carbonyl (C=O) groups is 1. The van der Waals surface area contributed by atoms with Gasteiger partial charge < -0.3 is 14.9 Å². The number of anilines is 1. The summed E-state index contributed by atoms with van der Waals surface area (Å²) in [5.74, 6) is -0.0466. The maximum Gasteiger partial charge on any atom is 0.416 e. The molecule has 2 aliphatic rings. The van der Waals surface area contributed by atoms with Gasteiger partial charge in [0.05, 0.1) is 17.7 Å². The van der Waals surface area contributed by atoms with E-state index >= 15 is 0 Å². The average Bonchev–Trinajstić information content (AvgIpc) is 3.15. The predicted molar refractivity (Wildman–Crippen MR) is 112 cm³/mol. The van der Waals surface area contributed by atoms with Crippen LogP contribution in [0.4, 0.5) is 18.9 Å². The number of nitrogens with zero attached hydrogens (tertiary/aromatic N) is 3. The minimum absolute atomic E-state index is 0.0466. The molecule has 166 valence electrons. The summed E-state index contributed by atoms with van der Waals surface area (Å²) in [4.78, 5) is 18.5. The summed E-state index contributed by atoms with van der Waals surface area (Å²) in [6.07, 6.45) is -4.98. The number of piperazine rings is 1. The number of β-amino-alcohol motifs (C(OH)–C–C–N with tert-alkyl or cyclic N) is 1. The fourth-order valence-corrected chi connectivity index (χ4v) is 4.36. The molecule has 0 spiro atoms. The molecule has 31 heavy (non-hydrogen) atoms. The largest absolute Gasteiger partial charge is 0.416 e. The molecule has 0 radical (unpaired) electrons. The van der Waals surface area contributed by atoms with Crippen LogP contribution in [0.3, 0.4) is 0 Å². The smallest absolute Gasteiger partial charge is 0.390 e. The number of carbonyl (C=O) groups excluding carboxylic acids is 1. The zero-order chi connectivity index (χ0) is 22.2. The molecule has 0 aromatic heterocycles. The average molecular weight is 454 g/mol. The molecular formula is C22H23ClF3N3O2. The van der Waals surface area contributed by atoms with Gasteiger partial charge in [-0.05, 0) is 48.5 Å². The maximum atomic E-state index is 12.8. The monoisotopic (exact) mass is 453 g/mol. The molecule has 0 unspecified atom stereocenters. The van der Waals surface area contributed by atoms with Crippen molar-refractivity contribution in [3.8, 4) is 0 Å². The Labute approximate surface area is 183 Å². The van der Waals surface area contributed by atoms with Crippen LogP contribution < -0.4 is 4.90 Å². The Kier molecular flexibility index (Phi) is 6.14. The quantitative estimate of drug-likeness (QED) is 0.774. The van der Waals surface area contributed by atoms with Gasteiger partial charge in [0.15, 0.2) is 0 Å². The summed E-state index contributed by atoms with van der Waals surface area (Å²) in [6, 6.07) is 11.7. The van der Waals surface area contributed by atoms with E-state index in [9.17, 15) is 23.1 Å². The first-order valence-corrected chi connectivity index (χ1v) is 10.5. The van der Waals surface area contributed by atoms with Gasteiger partial charge in [0, 0.05) is 55.5 Å². The standard InChI is InChI=1S/C22H23ClF3N3O2/c23-17-5-1-15(2-6-17)21(31)28-11-9-27(10-12-28)19-13-29(14-20(19)30)18-7-3-16(4-8-18)22(24,25)26/h1-8,19-20,30H,9-14H2/t19-,20-/m1/s1. The van der Waals surface area contributed by atoms with E-state index in [2.05, 4.69) is 4.90 Å². The van der Waals surface area contributed by atoms with Crippen LogP contribution in [0, 0.1) is 0 Å². The third kappa shape index (κ3) is 4.81. The number of aliphatic hydroxyl groups is 1. The number of hydrogen-bond donors (Lipinski definition) is 1. The summed E-state index contributed by atoms with van der Waals surface area (Å²) >= 11 is 5.88. The Morgan fingerprint density at radius 2 is 1.55 bits per heavy atom. The number of aliphatic hydroxyl groups excluding tert-OH is 1. The number of hydrogen-bond acceptors (Lipinski definition) is 4. The van der Waals surface area contributed by atoms with Crippen LogP contribution in [0.1, 0.15) is 15.9 Å². The lowest BCUT2D eigenvalue weighted by atomic mass is 10.1. The van der Waals surface area contributed by atoms with Gasteiger partial charge in [0.25, 0.3) is 5.91 Å². The number of amides is 1. The van der Waals surface area contributed by atoms with E-state index in [1.54, 1.807) is 29.2 Å². The normalized spacial score (nSPS) is 22.7. The lowest BCUT2D eigenvalue weighted by molar-refractivity contribution is -0.137. The highest BCUT2D eigenvalue weighted by molar-refractivity contribution is 6.30. The Balaban J connectivity index is 1.35. The second-order valence-electron chi connectivity index (χ2n) is 7.92. The molecule has 0 aliphatic carbocycles. The van der Waals surface area contributed by atoms with Gasteiger partial charge in [-0.2, -0.15) is 13.2 Å². The van der Waals surface area contributed by atoms with Crippen LogP contribution in [-0.4, -0.2) is 72.2 Å². The number of benzene rings is 2. The van der Waals surface area contributed by atoms with Crippen LogP contribution >= 0.6 is 11.6 Å². The van der Waals surface area contributed by atoms with Crippen molar-refractivity contribution in [2.45, 2.75) is 18.3 Å². The summed E-state index contributed by atoms with van der Waals surface area (Å²) in [6.45, 7) is 3.23. The lowest BCUT2D eigenvalue weighted by Crippen LogP contribution is -2.54. The van der Waals surface area contributed by atoms with Crippen LogP contribution in [0.15, 0.2) is 48.5 Å². The topological polar surface area (TPSA) is 47.0 Å². The van der Waals surface area contributed by atoms with Crippen molar-refractivity contribution >= 4 is 23.2 Å². The van der Waals surface area contributed by atoms with Crippen molar-refractivity contribution in [1.82, 2.24) is 9.80 Å². The SMILES string of the molecule is O=C(c1ccc(Cl)cc1)N1CCN([C@@H]2CN(c3ccc(C(F)(F)F)cc3)C[C@H]2O)CC1. The zero-order valence-corrected chi connectivity index (χ0v) is 17.5. The van der Waals surface area contributed by atoms with Crippen LogP contribution in [0.2, 0.25) is 5.02 Å². The molecule has 2 heterocycles. The van der Waals surface area contributed by atoms with Gasteiger partial charge in [-0.1, -0.05) is 11.6 Å². The molecule has 9 heteroatoms. The lowest BCUT2D eigenvalue weighted by Gasteiger charge is -2.38. The fraction of sp³-hybridized carbons (Fsp3) is 0.409. The maximum absolute atomic E-state index is 12.8. The highest BCUT2D eigenvalue weighted by Crippen LogP contribution is 2.32. The molecule has 1 N–H and O–H groups in total. The minimum Gasteiger partial charge on any atom is -0.390 e. The molecule has 4 rings (SSSR count). The first kappa shape index (κ1) is 21.9. The molecule has 2 aromatic rings. The van der Waals surface area contributed by atoms with Gasteiger partial charge in [0.2, 0.25) is 0 Å². The second kappa shape index (κ2) is 8.68. The number of halogens is 4. The van der Waals surface area contributed by atoms with E-state index in [0.717, 1.165) is 12.1 Å². The van der Waals surface area contributed by atoms with Crippen LogP contribution in [0.25, 0.3) is 0 Å². The van der Waals surface area contributed by atoms with E-state index in [0.29, 0.717) is 55.5 Å². The zero-order valence-electron chi connectivity index (χ0n) is 16.7. The Morgan fingerprint density at radius 1 is 0.935 bits per heavy atom. The number of rotatable bonds is 3. The van der Waals surface area contributed by atoms with Crippen molar-refractivity contribution in [2.75, 3.05) is 44.2 Å². The highest BCUT2D eigenvalue weighted by atomic mass is 35.5. The summed E-state index contributed by atoms with van der Waals surface area (Å²) in [5.41, 5.74) is 0.562. The third-order valence-electron chi connectivity index (χ3n) is 5.98. The van der Waals surface area contributed by atoms with Gasteiger partial charge in [0.1, 0.15) is 0 Å². The van der Waals surface area contributed by atoms with E-state index < -0.39 is 17.8 Å². The molecule has 2 fully saturated rings. The highest BCUT2D eigenvalue weighted by Gasteiger charge is 2.38. The third-order valence-corrected chi connectivity index (χ3v) is 6.23. The van der Waals surface area contributed by atoms with Gasteiger partial charge in [-0.15, -0.1) is 0 Å². The van der Waals surface area contributed by atoms with E-state index in [1.165, 1.54) is 12.1 Å². The predicted octanol–water partition coefficient (Wildman–Crippen LogP) is 3.37. The molecule has 0 saturated carbocycles. The van der Waals surface area contributed by atoms with Crippen molar-refractivity contribution in [3.05, 3.63) is 64.7 Å². The van der Waals surface area contributed by atoms with Gasteiger partial charge in [-0.3, -0.25) is 9.69 Å². The van der Waals surface area contributed by atoms with Crippen molar-refractivity contribution in [3.63, 3.8) is 0 Å². The Bertz CT molecular complexity index is 913. The van der Waals surface area contributed by atoms with Gasteiger partial charge in [-0.25, -0.2) is 0 Å². The molecule has 0 bridgehead atoms. The molecule has 2 aromatic carbocycles. The molecule has 1 amide bonds. The molecule has 2 aliphatic heterocycles. The van der Waals surface area contributed by atoms with Crippen molar-refractivity contribution in [2.24, 2.45) is 0 Å². The second-order valence-corrected chi connectivity index (χ2v) is 8.36. The van der Waals surface area contributed by atoms with Crippen molar-refractivity contribution < 1.29 is 23.1 Å². The summed E-state index contributed by atoms with van der Waals surface area (Å²) in [5, 5.41) is 11.2. The van der Waals surface area contributed by atoms with Crippen molar-refractivity contribution in [1.29, 1.82) is 0 Å². The van der Waals surface area contributed by atoms with E-state index in [-0.39, 0.29) is 11.9 Å². The first-order valence-electron chi connectivity index (χ1n) is 10.1. The van der Waals surface area contributed by atoms with Gasteiger partial charge >= 0.3 is 6.18 Å². The fourth-order valence-electron chi connectivity index (χ4n) is 4.23.